The summed E-state index contributed by atoms with van der Waals surface area (Å²) in [4.78, 5) is 24.3. The molecule has 3 atom stereocenters. The lowest BCUT2D eigenvalue weighted by Crippen LogP contribution is -2.61. The van der Waals surface area contributed by atoms with Gasteiger partial charge in [-0.3, -0.25) is 9.59 Å². The van der Waals surface area contributed by atoms with Crippen LogP contribution >= 0.6 is 0 Å². The van der Waals surface area contributed by atoms with Crippen molar-refractivity contribution in [1.82, 2.24) is 0 Å². The maximum atomic E-state index is 12.7. The minimum atomic E-state index is -1.03. The minimum absolute atomic E-state index is 0.388. The van der Waals surface area contributed by atoms with Crippen LogP contribution in [0.2, 0.25) is 0 Å². The number of allylic oxidation sites excluding steroid dienone is 1. The zero-order valence-corrected chi connectivity index (χ0v) is 14.8. The largest absolute Gasteiger partial charge is 0.468 e. The number of hydrogen-bond donors (Lipinski definition) is 0. The van der Waals surface area contributed by atoms with E-state index < -0.39 is 28.7 Å². The van der Waals surface area contributed by atoms with Crippen LogP contribution in [0.15, 0.2) is 11.6 Å². The summed E-state index contributed by atoms with van der Waals surface area (Å²) >= 11 is 0. The van der Waals surface area contributed by atoms with Gasteiger partial charge in [-0.1, -0.05) is 13.0 Å². The Bertz CT molecular complexity index is 576. The Morgan fingerprint density at radius 3 is 2.46 bits per heavy atom. The van der Waals surface area contributed by atoms with Crippen molar-refractivity contribution < 1.29 is 28.5 Å². The van der Waals surface area contributed by atoms with Crippen molar-refractivity contribution in [2.24, 2.45) is 10.8 Å². The van der Waals surface area contributed by atoms with Crippen molar-refractivity contribution >= 4 is 11.9 Å². The molecule has 1 saturated heterocycles. The van der Waals surface area contributed by atoms with Crippen molar-refractivity contribution in [1.29, 1.82) is 0 Å². The zero-order chi connectivity index (χ0) is 17.6. The third kappa shape index (κ3) is 2.23. The van der Waals surface area contributed by atoms with Gasteiger partial charge in [0.1, 0.15) is 11.5 Å². The van der Waals surface area contributed by atoms with Crippen LogP contribution in [-0.4, -0.2) is 44.2 Å². The first-order valence-electron chi connectivity index (χ1n) is 8.55. The Hall–Kier alpha value is -1.40. The molecule has 1 spiro atoms. The van der Waals surface area contributed by atoms with Gasteiger partial charge in [0.2, 0.25) is 0 Å². The molecule has 6 heteroatoms. The summed E-state index contributed by atoms with van der Waals surface area (Å²) in [5.41, 5.74) is -0.565. The highest BCUT2D eigenvalue weighted by molar-refractivity contribution is 5.82. The zero-order valence-electron chi connectivity index (χ0n) is 14.8. The number of fused-ring (bicyclic) bond motifs is 2. The Morgan fingerprint density at radius 2 is 1.88 bits per heavy atom. The third-order valence-electron chi connectivity index (χ3n) is 6.04. The van der Waals surface area contributed by atoms with E-state index in [4.69, 9.17) is 18.9 Å². The quantitative estimate of drug-likeness (QED) is 0.569. The van der Waals surface area contributed by atoms with Crippen LogP contribution in [0.25, 0.3) is 0 Å². The molecule has 2 fully saturated rings. The molecule has 0 N–H and O–H groups in total. The maximum absolute atomic E-state index is 12.7. The number of ether oxygens (including phenoxy) is 4. The molecule has 134 valence electrons. The van der Waals surface area contributed by atoms with Crippen LogP contribution in [0.4, 0.5) is 0 Å². The summed E-state index contributed by atoms with van der Waals surface area (Å²) in [7, 11) is 1.37. The van der Waals surface area contributed by atoms with Crippen LogP contribution in [0.1, 0.15) is 46.5 Å². The van der Waals surface area contributed by atoms with E-state index in [1.165, 1.54) is 14.0 Å². The van der Waals surface area contributed by atoms with E-state index >= 15 is 0 Å². The second-order valence-electron chi connectivity index (χ2n) is 7.27. The topological polar surface area (TPSA) is 71.1 Å². The first-order chi connectivity index (χ1) is 11.3. The lowest BCUT2D eigenvalue weighted by Gasteiger charge is -2.57. The molecule has 0 unspecified atom stereocenters. The predicted molar refractivity (Wildman–Crippen MR) is 85.0 cm³/mol. The van der Waals surface area contributed by atoms with Gasteiger partial charge in [-0.2, -0.15) is 0 Å². The lowest BCUT2D eigenvalue weighted by atomic mass is 9.53. The smallest absolute Gasteiger partial charge is 0.319 e. The van der Waals surface area contributed by atoms with Crippen LogP contribution < -0.4 is 0 Å². The monoisotopic (exact) mass is 338 g/mol. The van der Waals surface area contributed by atoms with Crippen LogP contribution in [0.3, 0.4) is 0 Å². The Balaban J connectivity index is 2.08. The number of rotatable bonds is 2. The maximum Gasteiger partial charge on any atom is 0.319 e. The molecule has 1 aliphatic heterocycles. The van der Waals surface area contributed by atoms with E-state index in [9.17, 15) is 9.59 Å². The molecule has 0 aromatic rings. The molecule has 0 radical (unpaired) electrons. The first kappa shape index (κ1) is 17.4. The summed E-state index contributed by atoms with van der Waals surface area (Å²) in [6, 6.07) is 0. The third-order valence-corrected chi connectivity index (χ3v) is 6.04. The molecule has 0 amide bonds. The average Bonchev–Trinajstić information content (AvgIpc) is 3.01. The molecule has 6 nitrogen and oxygen atoms in total. The van der Waals surface area contributed by atoms with Crippen LogP contribution in [0, 0.1) is 10.8 Å². The van der Waals surface area contributed by atoms with Crippen molar-refractivity contribution in [3.63, 3.8) is 0 Å². The van der Waals surface area contributed by atoms with Gasteiger partial charge in [0.25, 0.3) is 0 Å². The number of carbonyl (C=O) groups is 2. The van der Waals surface area contributed by atoms with Gasteiger partial charge in [0.05, 0.1) is 20.3 Å². The number of esters is 2. The Labute approximate surface area is 142 Å². The van der Waals surface area contributed by atoms with Crippen molar-refractivity contribution in [2.45, 2.75) is 58.3 Å². The molecule has 1 saturated carbocycles. The lowest BCUT2D eigenvalue weighted by molar-refractivity contribution is -0.246. The second-order valence-corrected chi connectivity index (χ2v) is 7.27. The molecule has 0 aromatic heterocycles. The highest BCUT2D eigenvalue weighted by Gasteiger charge is 2.65. The highest BCUT2D eigenvalue weighted by Crippen LogP contribution is 2.62. The first-order valence-corrected chi connectivity index (χ1v) is 8.55. The average molecular weight is 338 g/mol. The molecule has 2 aliphatic carbocycles. The standard InChI is InChI=1S/C18H26O6/c1-12(19)24-14-7-9-16(2)13(17(14,3)15(20)21-4)6-5-8-18(16)22-10-11-23-18/h6,14H,5,7-11H2,1-4H3/t14-,16-,17-/m0/s1. The molecule has 3 aliphatic rings. The van der Waals surface area contributed by atoms with E-state index in [0.717, 1.165) is 24.8 Å². The van der Waals surface area contributed by atoms with Gasteiger partial charge in [0, 0.05) is 18.8 Å². The Kier molecular flexibility index (Phi) is 4.24. The molecule has 24 heavy (non-hydrogen) atoms. The van der Waals surface area contributed by atoms with Gasteiger partial charge in [-0.05, 0) is 31.8 Å². The summed E-state index contributed by atoms with van der Waals surface area (Å²) in [5.74, 6) is -1.48. The number of hydrogen-bond acceptors (Lipinski definition) is 6. The normalized spacial score (nSPS) is 37.5. The van der Waals surface area contributed by atoms with E-state index in [2.05, 4.69) is 13.0 Å². The van der Waals surface area contributed by atoms with Crippen LogP contribution in [-0.2, 0) is 28.5 Å². The van der Waals surface area contributed by atoms with Gasteiger partial charge >= 0.3 is 11.9 Å². The molecule has 3 rings (SSSR count). The fourth-order valence-electron chi connectivity index (χ4n) is 4.85. The molecular formula is C18H26O6. The summed E-state index contributed by atoms with van der Waals surface area (Å²) in [6.45, 7) is 6.39. The van der Waals surface area contributed by atoms with Gasteiger partial charge in [-0.25, -0.2) is 0 Å². The Morgan fingerprint density at radius 1 is 1.21 bits per heavy atom. The molecular weight excluding hydrogens is 312 g/mol. The van der Waals surface area contributed by atoms with Gasteiger partial charge in [0.15, 0.2) is 5.79 Å². The fraction of sp³-hybridized carbons (Fsp3) is 0.778. The summed E-state index contributed by atoms with van der Waals surface area (Å²) < 4.78 is 22.7. The van der Waals surface area contributed by atoms with Crippen LogP contribution in [0.5, 0.6) is 0 Å². The number of carbonyl (C=O) groups excluding carboxylic acids is 2. The van der Waals surface area contributed by atoms with E-state index in [1.54, 1.807) is 0 Å². The molecule has 0 aromatic carbocycles. The van der Waals surface area contributed by atoms with Crippen molar-refractivity contribution in [3.05, 3.63) is 11.6 Å². The second kappa shape index (κ2) is 5.85. The van der Waals surface area contributed by atoms with Gasteiger partial charge < -0.3 is 18.9 Å². The highest BCUT2D eigenvalue weighted by atomic mass is 16.7. The number of methoxy groups -OCH3 is 1. The summed E-state index contributed by atoms with van der Waals surface area (Å²) in [5, 5.41) is 0. The van der Waals surface area contributed by atoms with E-state index in [0.29, 0.717) is 19.6 Å². The van der Waals surface area contributed by atoms with Crippen molar-refractivity contribution in [2.75, 3.05) is 20.3 Å². The molecule has 1 heterocycles. The van der Waals surface area contributed by atoms with E-state index in [1.807, 2.05) is 6.92 Å². The fourth-order valence-corrected chi connectivity index (χ4v) is 4.85. The predicted octanol–water partition coefficient (Wildman–Crippen LogP) is 2.36. The molecule has 0 bridgehead atoms. The van der Waals surface area contributed by atoms with Crippen molar-refractivity contribution in [3.8, 4) is 0 Å². The summed E-state index contributed by atoms with van der Waals surface area (Å²) in [6.07, 6.45) is 4.35. The van der Waals surface area contributed by atoms with E-state index in [-0.39, 0.29) is 5.97 Å². The minimum Gasteiger partial charge on any atom is -0.468 e. The van der Waals surface area contributed by atoms with Gasteiger partial charge in [-0.15, -0.1) is 0 Å². The SMILES string of the molecule is COC(=O)[C@@]1(C)C2=CCCC3(OCCO3)[C@@]2(C)CC[C@@H]1OC(C)=O.